The molecule has 4 unspecified atom stereocenters. The van der Waals surface area contributed by atoms with Crippen molar-refractivity contribution in [2.24, 2.45) is 0 Å². The van der Waals surface area contributed by atoms with Crippen molar-refractivity contribution in [3.05, 3.63) is 0 Å². The Morgan fingerprint density at radius 1 is 0.875 bits per heavy atom. The maximum Gasteiger partial charge on any atom is 0.128 e. The van der Waals surface area contributed by atoms with Crippen LogP contribution in [0, 0.1) is 0 Å². The monoisotopic (exact) mass is 344 g/mol. The van der Waals surface area contributed by atoms with Gasteiger partial charge < -0.3 is 24.8 Å². The molecule has 0 amide bonds. The van der Waals surface area contributed by atoms with Gasteiger partial charge in [0.25, 0.3) is 0 Å². The molecule has 3 N–H and O–H groups in total. The van der Waals surface area contributed by atoms with Crippen LogP contribution >= 0.6 is 0 Å². The summed E-state index contributed by atoms with van der Waals surface area (Å²) in [4.78, 5) is 0. The van der Waals surface area contributed by atoms with Crippen molar-refractivity contribution in [3.63, 3.8) is 0 Å². The molecule has 0 aromatic heterocycles. The van der Waals surface area contributed by atoms with Crippen molar-refractivity contribution in [1.82, 2.24) is 0 Å². The third-order valence-electron chi connectivity index (χ3n) is 5.95. The molecular weight excluding hydrogens is 308 g/mol. The molecule has 5 heteroatoms. The maximum atomic E-state index is 10.5. The van der Waals surface area contributed by atoms with Gasteiger partial charge in [-0.25, -0.2) is 0 Å². The van der Waals surface area contributed by atoms with Crippen LogP contribution in [0.3, 0.4) is 0 Å². The van der Waals surface area contributed by atoms with E-state index >= 15 is 0 Å². The second-order valence-electron chi connectivity index (χ2n) is 7.50. The molecule has 4 atom stereocenters. The Morgan fingerprint density at radius 2 is 1.42 bits per heavy atom. The summed E-state index contributed by atoms with van der Waals surface area (Å²) in [7, 11) is 0. The molecule has 0 aromatic carbocycles. The first-order valence-corrected chi connectivity index (χ1v) is 9.87. The van der Waals surface area contributed by atoms with Gasteiger partial charge >= 0.3 is 0 Å². The summed E-state index contributed by atoms with van der Waals surface area (Å²) in [5, 5.41) is 29.6. The molecule has 0 aliphatic carbocycles. The van der Waals surface area contributed by atoms with Crippen LogP contribution in [0.5, 0.6) is 0 Å². The second kappa shape index (κ2) is 9.48. The lowest BCUT2D eigenvalue weighted by molar-refractivity contribution is -0.351. The van der Waals surface area contributed by atoms with Crippen molar-refractivity contribution in [1.29, 1.82) is 0 Å². The van der Waals surface area contributed by atoms with Gasteiger partial charge in [-0.1, -0.05) is 58.3 Å². The van der Waals surface area contributed by atoms with E-state index in [1.165, 1.54) is 44.9 Å². The Labute approximate surface area is 146 Å². The Hall–Kier alpha value is -0.200. The fourth-order valence-corrected chi connectivity index (χ4v) is 4.23. The predicted molar refractivity (Wildman–Crippen MR) is 92.9 cm³/mol. The van der Waals surface area contributed by atoms with Crippen LogP contribution in [0.4, 0.5) is 0 Å². The van der Waals surface area contributed by atoms with Crippen molar-refractivity contribution >= 4 is 0 Å². The van der Waals surface area contributed by atoms with Gasteiger partial charge in [0.05, 0.1) is 19.8 Å². The molecule has 0 radical (unpaired) electrons. The molecule has 2 aliphatic rings. The van der Waals surface area contributed by atoms with Crippen LogP contribution in [-0.2, 0) is 9.47 Å². The van der Waals surface area contributed by atoms with Gasteiger partial charge in [-0.15, -0.1) is 0 Å². The first-order valence-electron chi connectivity index (χ1n) is 9.87. The van der Waals surface area contributed by atoms with Crippen molar-refractivity contribution in [2.75, 3.05) is 19.8 Å². The minimum Gasteiger partial charge on any atom is -0.394 e. The van der Waals surface area contributed by atoms with Crippen molar-refractivity contribution < 1.29 is 24.8 Å². The molecule has 0 saturated carbocycles. The Bertz CT molecular complexity index is 352. The zero-order valence-corrected chi connectivity index (χ0v) is 15.2. The fraction of sp³-hybridized carbons (Fsp3) is 1.00. The van der Waals surface area contributed by atoms with Crippen LogP contribution < -0.4 is 0 Å². The third kappa shape index (κ3) is 4.13. The topological polar surface area (TPSA) is 79.2 Å². The summed E-state index contributed by atoms with van der Waals surface area (Å²) in [6.45, 7) is 3.04. The van der Waals surface area contributed by atoms with Gasteiger partial charge in [-0.3, -0.25) is 0 Å². The van der Waals surface area contributed by atoms with E-state index in [1.807, 2.05) is 0 Å². The first kappa shape index (κ1) is 20.1. The van der Waals surface area contributed by atoms with Gasteiger partial charge in [-0.2, -0.15) is 0 Å². The van der Waals surface area contributed by atoms with Crippen LogP contribution in [0.2, 0.25) is 0 Å². The number of hydrogen-bond acceptors (Lipinski definition) is 5. The quantitative estimate of drug-likeness (QED) is 0.448. The molecular formula is C19H36O5. The highest BCUT2D eigenvalue weighted by Crippen LogP contribution is 2.51. The molecule has 0 aromatic rings. The van der Waals surface area contributed by atoms with Crippen LogP contribution in [-0.4, -0.2) is 58.6 Å². The molecule has 2 fully saturated rings. The average molecular weight is 344 g/mol. The van der Waals surface area contributed by atoms with E-state index in [1.54, 1.807) is 0 Å². The summed E-state index contributed by atoms with van der Waals surface area (Å²) < 4.78 is 11.7. The molecule has 142 valence electrons. The van der Waals surface area contributed by atoms with E-state index < -0.39 is 30.0 Å². The highest BCUT2D eigenvalue weighted by molar-refractivity contribution is 5.14. The number of aliphatic hydroxyl groups excluding tert-OH is 3. The largest absolute Gasteiger partial charge is 0.394 e. The SMILES string of the molecule is CCCCCCCCCCC1(C2(C(O)C(O)CO)CCO2)CCO1. The molecule has 2 rings (SSSR count). The average Bonchev–Trinajstić information content (AvgIpc) is 2.51. The van der Waals surface area contributed by atoms with E-state index in [-0.39, 0.29) is 0 Å². The standard InChI is InChI=1S/C19H36O5/c1-2-3-4-5-6-7-8-9-10-18(11-13-23-18)19(12-14-24-19)17(22)16(21)15-20/h16-17,20-22H,2-15H2,1H3. The minimum atomic E-state index is -1.18. The van der Waals surface area contributed by atoms with E-state index in [0.717, 1.165) is 19.3 Å². The molecule has 2 saturated heterocycles. The number of unbranched alkanes of at least 4 members (excludes halogenated alkanes) is 7. The van der Waals surface area contributed by atoms with E-state index in [2.05, 4.69) is 6.92 Å². The summed E-state index contributed by atoms with van der Waals surface area (Å²) >= 11 is 0. The van der Waals surface area contributed by atoms with Gasteiger partial charge in [0.2, 0.25) is 0 Å². The molecule has 24 heavy (non-hydrogen) atoms. The third-order valence-corrected chi connectivity index (χ3v) is 5.95. The Kier molecular flexibility index (Phi) is 7.95. The molecule has 0 spiro atoms. The molecule has 2 aliphatic heterocycles. The number of ether oxygens (including phenoxy) is 2. The second-order valence-corrected chi connectivity index (χ2v) is 7.50. The summed E-state index contributed by atoms with van der Waals surface area (Å²) in [5.74, 6) is 0. The maximum absolute atomic E-state index is 10.5. The zero-order chi connectivity index (χ0) is 17.5. The summed E-state index contributed by atoms with van der Waals surface area (Å²) in [5.41, 5.74) is -1.32. The van der Waals surface area contributed by atoms with Crippen molar-refractivity contribution in [2.45, 2.75) is 101 Å². The van der Waals surface area contributed by atoms with E-state index in [4.69, 9.17) is 9.47 Å². The zero-order valence-electron chi connectivity index (χ0n) is 15.2. The van der Waals surface area contributed by atoms with Gasteiger partial charge in [-0.05, 0) is 6.42 Å². The van der Waals surface area contributed by atoms with E-state index in [0.29, 0.717) is 19.6 Å². The highest BCUT2D eigenvalue weighted by atomic mass is 16.6. The van der Waals surface area contributed by atoms with Crippen LogP contribution in [0.15, 0.2) is 0 Å². The predicted octanol–water partition coefficient (Wildman–Crippen LogP) is 2.55. The fourth-order valence-electron chi connectivity index (χ4n) is 4.23. The Morgan fingerprint density at radius 3 is 1.83 bits per heavy atom. The lowest BCUT2D eigenvalue weighted by Crippen LogP contribution is -2.74. The van der Waals surface area contributed by atoms with Crippen LogP contribution in [0.25, 0.3) is 0 Å². The molecule has 0 bridgehead atoms. The van der Waals surface area contributed by atoms with Crippen molar-refractivity contribution in [3.8, 4) is 0 Å². The number of hydrogen-bond donors (Lipinski definition) is 3. The molecule has 2 heterocycles. The lowest BCUT2D eigenvalue weighted by Gasteiger charge is -2.61. The van der Waals surface area contributed by atoms with Gasteiger partial charge in [0.15, 0.2) is 0 Å². The lowest BCUT2D eigenvalue weighted by atomic mass is 9.65. The first-order chi connectivity index (χ1) is 11.6. The number of rotatable bonds is 13. The Balaban J connectivity index is 1.78. The van der Waals surface area contributed by atoms with Gasteiger partial charge in [0, 0.05) is 12.8 Å². The van der Waals surface area contributed by atoms with Gasteiger partial charge in [0.1, 0.15) is 23.4 Å². The smallest absolute Gasteiger partial charge is 0.128 e. The minimum absolute atomic E-state index is 0.458. The summed E-state index contributed by atoms with van der Waals surface area (Å²) in [6, 6.07) is 0. The normalized spacial score (nSPS) is 32.0. The number of aliphatic hydroxyl groups is 3. The van der Waals surface area contributed by atoms with Crippen LogP contribution in [0.1, 0.15) is 77.6 Å². The van der Waals surface area contributed by atoms with E-state index in [9.17, 15) is 15.3 Å². The summed E-state index contributed by atoms with van der Waals surface area (Å²) in [6.07, 6.45) is 10.2. The molecule has 5 nitrogen and oxygen atoms in total. The highest BCUT2D eigenvalue weighted by Gasteiger charge is 2.65.